The molecule has 1 unspecified atom stereocenters. The molecule has 1 saturated heterocycles. The molecule has 1 heterocycles. The summed E-state index contributed by atoms with van der Waals surface area (Å²) >= 11 is 0. The van der Waals surface area contributed by atoms with Gasteiger partial charge in [0.2, 0.25) is 5.91 Å². The zero-order chi connectivity index (χ0) is 15.4. The van der Waals surface area contributed by atoms with Crippen LogP contribution in [-0.2, 0) is 9.59 Å². The number of amides is 2. The van der Waals surface area contributed by atoms with Crippen LogP contribution in [0.2, 0.25) is 0 Å². The van der Waals surface area contributed by atoms with Crippen molar-refractivity contribution in [3.63, 3.8) is 0 Å². The Balaban J connectivity index is 1.99. The topological polar surface area (TPSA) is 76.6 Å². The highest BCUT2D eigenvalue weighted by Gasteiger charge is 2.33. The number of para-hydroxylation sites is 1. The second-order valence-corrected chi connectivity index (χ2v) is 5.54. The minimum absolute atomic E-state index is 0.178. The molecule has 1 aliphatic rings. The number of halogens is 1. The lowest BCUT2D eigenvalue weighted by atomic mass is 9.96. The minimum atomic E-state index is -0.457. The maximum atomic E-state index is 13.5. The third-order valence-corrected chi connectivity index (χ3v) is 4.10. The molecule has 0 aromatic heterocycles. The van der Waals surface area contributed by atoms with Crippen molar-refractivity contribution < 1.29 is 18.9 Å². The molecule has 1 aliphatic heterocycles. The Bertz CT molecular complexity index is 535. The lowest BCUT2D eigenvalue weighted by Gasteiger charge is -2.31. The predicted octanol–water partition coefficient (Wildman–Crippen LogP) is -0.0671. The molecule has 4 N–H and O–H groups in total. The van der Waals surface area contributed by atoms with Crippen LogP contribution in [0.4, 0.5) is 10.1 Å². The number of nitrogens with two attached hydrogens (primary N) is 1. The van der Waals surface area contributed by atoms with E-state index < -0.39 is 5.82 Å². The number of anilines is 1. The van der Waals surface area contributed by atoms with E-state index in [4.69, 9.17) is 5.73 Å². The van der Waals surface area contributed by atoms with Crippen LogP contribution in [0.25, 0.3) is 0 Å². The lowest BCUT2D eigenvalue weighted by molar-refractivity contribution is -0.921. The maximum Gasteiger partial charge on any atom is 0.282 e. The Labute approximate surface area is 123 Å². The molecule has 2 amide bonds. The van der Waals surface area contributed by atoms with E-state index in [-0.39, 0.29) is 29.5 Å². The number of nitrogens with one attached hydrogen (secondary N) is 2. The Hall–Kier alpha value is -1.95. The van der Waals surface area contributed by atoms with Gasteiger partial charge in [0.15, 0.2) is 6.04 Å². The monoisotopic (exact) mass is 294 g/mol. The Morgan fingerprint density at radius 3 is 2.81 bits per heavy atom. The first kappa shape index (κ1) is 15.4. The fraction of sp³-hybridized carbons (Fsp3) is 0.467. The molecular formula is C15H21FN3O2+. The molecule has 0 radical (unpaired) electrons. The largest absolute Gasteiger partial charge is 0.369 e. The van der Waals surface area contributed by atoms with Crippen LogP contribution in [0.3, 0.4) is 0 Å². The highest BCUT2D eigenvalue weighted by molar-refractivity contribution is 5.93. The zero-order valence-corrected chi connectivity index (χ0v) is 12.1. The van der Waals surface area contributed by atoms with Crippen molar-refractivity contribution in [1.82, 2.24) is 0 Å². The van der Waals surface area contributed by atoms with Gasteiger partial charge in [-0.2, -0.15) is 0 Å². The summed E-state index contributed by atoms with van der Waals surface area (Å²) in [4.78, 5) is 24.5. The van der Waals surface area contributed by atoms with E-state index in [9.17, 15) is 14.0 Å². The third kappa shape index (κ3) is 3.78. The van der Waals surface area contributed by atoms with Gasteiger partial charge in [-0.05, 0) is 31.9 Å². The Kier molecular flexibility index (Phi) is 4.90. The summed E-state index contributed by atoms with van der Waals surface area (Å²) in [6, 6.07) is 5.71. The molecule has 0 saturated carbocycles. The number of hydrogen-bond acceptors (Lipinski definition) is 2. The number of likely N-dealkylation sites (tertiary alicyclic amines) is 1. The molecule has 5 nitrogen and oxygen atoms in total. The fourth-order valence-electron chi connectivity index (χ4n) is 2.72. The van der Waals surface area contributed by atoms with Crippen LogP contribution in [0.5, 0.6) is 0 Å². The van der Waals surface area contributed by atoms with E-state index >= 15 is 0 Å². The molecule has 2 rings (SSSR count). The Morgan fingerprint density at radius 2 is 2.14 bits per heavy atom. The van der Waals surface area contributed by atoms with Crippen LogP contribution in [-0.4, -0.2) is 30.9 Å². The molecule has 1 aromatic carbocycles. The van der Waals surface area contributed by atoms with Gasteiger partial charge in [-0.25, -0.2) is 4.39 Å². The molecule has 6 heteroatoms. The summed E-state index contributed by atoms with van der Waals surface area (Å²) in [6.45, 7) is 3.16. The number of benzene rings is 1. The van der Waals surface area contributed by atoms with Gasteiger partial charge in [0.25, 0.3) is 5.91 Å². The van der Waals surface area contributed by atoms with Gasteiger partial charge >= 0.3 is 0 Å². The second kappa shape index (κ2) is 6.67. The van der Waals surface area contributed by atoms with Gasteiger partial charge in [-0.15, -0.1) is 0 Å². The van der Waals surface area contributed by atoms with Gasteiger partial charge in [0.05, 0.1) is 24.7 Å². The van der Waals surface area contributed by atoms with E-state index in [1.807, 2.05) is 0 Å². The highest BCUT2D eigenvalue weighted by Crippen LogP contribution is 2.12. The SMILES string of the molecule is C[C@@H](C(=O)Nc1ccccc1F)[NH+]1CCC[C@H](C(N)=O)C1. The highest BCUT2D eigenvalue weighted by atomic mass is 19.1. The number of quaternary nitrogens is 1. The molecule has 114 valence electrons. The van der Waals surface area contributed by atoms with E-state index in [0.717, 1.165) is 24.3 Å². The van der Waals surface area contributed by atoms with Crippen molar-refractivity contribution in [3.8, 4) is 0 Å². The average molecular weight is 294 g/mol. The standard InChI is InChI=1S/C15H20FN3O2/c1-10(19-8-4-5-11(9-19)14(17)20)15(21)18-13-7-3-2-6-12(13)16/h2-3,6-7,10-11H,4-5,8-9H2,1H3,(H2,17,20)(H,18,21)/p+1/t10-,11-/m0/s1. The zero-order valence-electron chi connectivity index (χ0n) is 12.1. The average Bonchev–Trinajstić information content (AvgIpc) is 2.49. The summed E-state index contributed by atoms with van der Waals surface area (Å²) in [5.74, 6) is -1.20. The van der Waals surface area contributed by atoms with Crippen LogP contribution >= 0.6 is 0 Å². The van der Waals surface area contributed by atoms with E-state index in [1.54, 1.807) is 19.1 Å². The van der Waals surface area contributed by atoms with Crippen molar-refractivity contribution in [2.45, 2.75) is 25.8 Å². The number of rotatable bonds is 4. The number of piperidine rings is 1. The second-order valence-electron chi connectivity index (χ2n) is 5.54. The van der Waals surface area contributed by atoms with Gasteiger partial charge in [0, 0.05) is 0 Å². The smallest absolute Gasteiger partial charge is 0.282 e. The first-order valence-electron chi connectivity index (χ1n) is 7.18. The van der Waals surface area contributed by atoms with E-state index in [0.29, 0.717) is 6.54 Å². The number of carbonyl (C=O) groups is 2. The fourth-order valence-corrected chi connectivity index (χ4v) is 2.72. The van der Waals surface area contributed by atoms with Crippen molar-refractivity contribution in [2.75, 3.05) is 18.4 Å². The molecule has 0 bridgehead atoms. The maximum absolute atomic E-state index is 13.5. The van der Waals surface area contributed by atoms with Gasteiger partial charge < -0.3 is 16.0 Å². The summed E-state index contributed by atoms with van der Waals surface area (Å²) in [7, 11) is 0. The van der Waals surface area contributed by atoms with Crippen molar-refractivity contribution in [2.24, 2.45) is 11.7 Å². The van der Waals surface area contributed by atoms with Crippen molar-refractivity contribution in [3.05, 3.63) is 30.1 Å². The first-order valence-corrected chi connectivity index (χ1v) is 7.18. The van der Waals surface area contributed by atoms with Crippen molar-refractivity contribution >= 4 is 17.5 Å². The van der Waals surface area contributed by atoms with E-state index in [2.05, 4.69) is 5.32 Å². The minimum Gasteiger partial charge on any atom is -0.369 e. The summed E-state index contributed by atoms with van der Waals surface area (Å²) in [5, 5.41) is 2.60. The molecule has 3 atom stereocenters. The molecule has 0 spiro atoms. The van der Waals surface area contributed by atoms with Crippen LogP contribution in [0.1, 0.15) is 19.8 Å². The molecule has 1 fully saturated rings. The van der Waals surface area contributed by atoms with Gasteiger partial charge in [-0.3, -0.25) is 9.59 Å². The first-order chi connectivity index (χ1) is 9.99. The Morgan fingerprint density at radius 1 is 1.43 bits per heavy atom. The van der Waals surface area contributed by atoms with Crippen molar-refractivity contribution in [1.29, 1.82) is 0 Å². The molecular weight excluding hydrogens is 273 g/mol. The number of primary amides is 1. The lowest BCUT2D eigenvalue weighted by Crippen LogP contribution is -3.18. The predicted molar refractivity (Wildman–Crippen MR) is 77.1 cm³/mol. The van der Waals surface area contributed by atoms with Gasteiger partial charge in [-0.1, -0.05) is 12.1 Å². The normalized spacial score (nSPS) is 23.3. The van der Waals surface area contributed by atoms with Gasteiger partial charge in [0.1, 0.15) is 5.82 Å². The third-order valence-electron chi connectivity index (χ3n) is 4.10. The quantitative estimate of drug-likeness (QED) is 0.727. The van der Waals surface area contributed by atoms with Crippen LogP contribution in [0, 0.1) is 11.7 Å². The van der Waals surface area contributed by atoms with E-state index in [1.165, 1.54) is 12.1 Å². The number of carbonyl (C=O) groups excluding carboxylic acids is 2. The van der Waals surface area contributed by atoms with Crippen LogP contribution in [0.15, 0.2) is 24.3 Å². The van der Waals surface area contributed by atoms with Crippen LogP contribution < -0.4 is 16.0 Å². The number of hydrogen-bond donors (Lipinski definition) is 3. The molecule has 0 aliphatic carbocycles. The molecule has 1 aromatic rings. The summed E-state index contributed by atoms with van der Waals surface area (Å²) in [5.41, 5.74) is 5.52. The summed E-state index contributed by atoms with van der Waals surface area (Å²) in [6.07, 6.45) is 1.64. The summed E-state index contributed by atoms with van der Waals surface area (Å²) < 4.78 is 13.5. The molecule has 21 heavy (non-hydrogen) atoms.